The van der Waals surface area contributed by atoms with Crippen LogP contribution in [-0.2, 0) is 0 Å². The van der Waals surface area contributed by atoms with E-state index in [4.69, 9.17) is 14.4 Å². The molecule has 7 aromatic carbocycles. The quantitative estimate of drug-likeness (QED) is 0.211. The minimum atomic E-state index is 0.617. The maximum absolute atomic E-state index is 6.50. The van der Waals surface area contributed by atoms with Crippen molar-refractivity contribution in [2.45, 2.75) is 0 Å². The van der Waals surface area contributed by atoms with Gasteiger partial charge in [-0.05, 0) is 51.4 Å². The minimum absolute atomic E-state index is 0.617. The summed E-state index contributed by atoms with van der Waals surface area (Å²) in [6.45, 7) is 0. The van der Waals surface area contributed by atoms with Crippen molar-refractivity contribution in [3.8, 4) is 22.4 Å². The van der Waals surface area contributed by atoms with Crippen molar-refractivity contribution in [2.75, 3.05) is 4.90 Å². The first-order chi connectivity index (χ1) is 21.8. The van der Waals surface area contributed by atoms with Crippen LogP contribution < -0.4 is 4.90 Å². The Bertz CT molecular complexity index is 2630. The highest BCUT2D eigenvalue weighted by atomic mass is 16.3. The maximum atomic E-state index is 6.50. The molecule has 0 atom stereocenters. The van der Waals surface area contributed by atoms with Crippen LogP contribution in [0, 0.1) is 0 Å². The van der Waals surface area contributed by atoms with Gasteiger partial charge in [0.1, 0.15) is 16.8 Å². The van der Waals surface area contributed by atoms with E-state index in [1.54, 1.807) is 0 Å². The minimum Gasteiger partial charge on any atom is -0.452 e. The molecule has 204 valence electrons. The van der Waals surface area contributed by atoms with Crippen molar-refractivity contribution in [3.05, 3.63) is 140 Å². The summed E-state index contributed by atoms with van der Waals surface area (Å²) in [6, 6.07) is 49.1. The first-order valence-electron chi connectivity index (χ1n) is 14.8. The Balaban J connectivity index is 1.36. The largest absolute Gasteiger partial charge is 0.452 e. The standard InChI is InChI=1S/C40H23N3O/c1-2-11-27-23-28(20-19-24(27)9-1)36-39-37(32-15-5-6-18-34(32)44-39)42-40(41-36)43-33-17-8-13-26-12-7-16-30(35(26)33)31-22-21-25-10-3-4-14-29(25)38(31)43/h1-23H. The highest BCUT2D eigenvalue weighted by Gasteiger charge is 2.30. The molecule has 0 radical (unpaired) electrons. The van der Waals surface area contributed by atoms with Gasteiger partial charge in [-0.2, -0.15) is 0 Å². The van der Waals surface area contributed by atoms with E-state index in [1.807, 2.05) is 18.2 Å². The van der Waals surface area contributed by atoms with Crippen LogP contribution in [0.2, 0.25) is 0 Å². The summed E-state index contributed by atoms with van der Waals surface area (Å²) in [7, 11) is 0. The van der Waals surface area contributed by atoms with Crippen LogP contribution in [0.4, 0.5) is 17.3 Å². The van der Waals surface area contributed by atoms with Gasteiger partial charge in [-0.15, -0.1) is 0 Å². The molecule has 44 heavy (non-hydrogen) atoms. The number of aromatic nitrogens is 2. The molecule has 0 fully saturated rings. The average molecular weight is 562 g/mol. The number of hydrogen-bond acceptors (Lipinski definition) is 4. The van der Waals surface area contributed by atoms with Crippen molar-refractivity contribution in [2.24, 2.45) is 0 Å². The lowest BCUT2D eigenvalue weighted by Crippen LogP contribution is -2.18. The first kappa shape index (κ1) is 23.6. The molecule has 0 spiro atoms. The zero-order valence-corrected chi connectivity index (χ0v) is 23.5. The molecule has 2 aromatic heterocycles. The normalized spacial score (nSPS) is 12.5. The van der Waals surface area contributed by atoms with Gasteiger partial charge in [0.25, 0.3) is 0 Å². The zero-order valence-electron chi connectivity index (χ0n) is 23.5. The molecular formula is C40H23N3O. The second-order valence-electron chi connectivity index (χ2n) is 11.4. The number of anilines is 3. The molecule has 1 aliphatic heterocycles. The van der Waals surface area contributed by atoms with Gasteiger partial charge in [-0.3, -0.25) is 4.90 Å². The average Bonchev–Trinajstić information content (AvgIpc) is 3.46. The Kier molecular flexibility index (Phi) is 4.69. The molecule has 4 heteroatoms. The number of fused-ring (bicyclic) bond motifs is 8. The maximum Gasteiger partial charge on any atom is 0.236 e. The van der Waals surface area contributed by atoms with Crippen molar-refractivity contribution in [1.29, 1.82) is 0 Å². The van der Waals surface area contributed by atoms with E-state index < -0.39 is 0 Å². The Morgan fingerprint density at radius 1 is 0.523 bits per heavy atom. The molecule has 0 unspecified atom stereocenters. The molecule has 0 bridgehead atoms. The number of nitrogens with zero attached hydrogens (tertiary/aromatic N) is 3. The molecule has 10 rings (SSSR count). The fraction of sp³-hybridized carbons (Fsp3) is 0. The van der Waals surface area contributed by atoms with Crippen LogP contribution in [0.1, 0.15) is 0 Å². The van der Waals surface area contributed by atoms with Gasteiger partial charge in [0.05, 0.1) is 11.4 Å². The monoisotopic (exact) mass is 561 g/mol. The van der Waals surface area contributed by atoms with Crippen LogP contribution in [0.15, 0.2) is 144 Å². The summed E-state index contributed by atoms with van der Waals surface area (Å²) < 4.78 is 6.50. The summed E-state index contributed by atoms with van der Waals surface area (Å²) >= 11 is 0. The highest BCUT2D eigenvalue weighted by Crippen LogP contribution is 2.53. The number of hydrogen-bond donors (Lipinski definition) is 0. The smallest absolute Gasteiger partial charge is 0.236 e. The van der Waals surface area contributed by atoms with E-state index in [9.17, 15) is 0 Å². The fourth-order valence-corrected chi connectivity index (χ4v) is 6.98. The van der Waals surface area contributed by atoms with Crippen LogP contribution in [0.3, 0.4) is 0 Å². The fourth-order valence-electron chi connectivity index (χ4n) is 6.98. The topological polar surface area (TPSA) is 42.2 Å². The third kappa shape index (κ3) is 3.22. The molecule has 9 aromatic rings. The molecule has 0 N–H and O–H groups in total. The molecule has 1 aliphatic rings. The van der Waals surface area contributed by atoms with E-state index in [2.05, 4.69) is 126 Å². The van der Waals surface area contributed by atoms with Gasteiger partial charge in [0, 0.05) is 27.3 Å². The SMILES string of the molecule is c1ccc2cc(-c3nc(N4c5c(ccc6ccccc56)-c5cccc6cccc4c56)nc4c3oc3ccccc34)ccc2c1. The van der Waals surface area contributed by atoms with Gasteiger partial charge >= 0.3 is 0 Å². The first-order valence-corrected chi connectivity index (χ1v) is 14.8. The van der Waals surface area contributed by atoms with E-state index in [0.29, 0.717) is 11.5 Å². The van der Waals surface area contributed by atoms with Crippen LogP contribution in [0.25, 0.3) is 76.8 Å². The molecule has 0 amide bonds. The predicted molar refractivity (Wildman–Crippen MR) is 181 cm³/mol. The van der Waals surface area contributed by atoms with Gasteiger partial charge in [0.15, 0.2) is 5.58 Å². The molecular weight excluding hydrogens is 538 g/mol. The molecule has 0 aliphatic carbocycles. The Morgan fingerprint density at radius 2 is 1.25 bits per heavy atom. The summed E-state index contributed by atoms with van der Waals surface area (Å²) in [5, 5.41) is 8.03. The molecule has 3 heterocycles. The van der Waals surface area contributed by atoms with E-state index in [0.717, 1.165) is 49.9 Å². The van der Waals surface area contributed by atoms with E-state index in [1.165, 1.54) is 32.7 Å². The van der Waals surface area contributed by atoms with Crippen molar-refractivity contribution in [1.82, 2.24) is 9.97 Å². The third-order valence-electron chi connectivity index (χ3n) is 8.97. The third-order valence-corrected chi connectivity index (χ3v) is 8.97. The Morgan fingerprint density at radius 3 is 2.16 bits per heavy atom. The van der Waals surface area contributed by atoms with Gasteiger partial charge < -0.3 is 4.42 Å². The highest BCUT2D eigenvalue weighted by molar-refractivity contribution is 6.19. The second kappa shape index (κ2) is 8.76. The summed E-state index contributed by atoms with van der Waals surface area (Å²) in [4.78, 5) is 13.0. The summed E-state index contributed by atoms with van der Waals surface area (Å²) in [5.74, 6) is 0.617. The Labute approximate surface area is 252 Å². The Hall–Kier alpha value is -6.00. The van der Waals surface area contributed by atoms with Crippen LogP contribution in [0.5, 0.6) is 0 Å². The molecule has 0 saturated carbocycles. The van der Waals surface area contributed by atoms with E-state index >= 15 is 0 Å². The van der Waals surface area contributed by atoms with Gasteiger partial charge in [-0.25, -0.2) is 9.97 Å². The van der Waals surface area contributed by atoms with Crippen LogP contribution in [-0.4, -0.2) is 9.97 Å². The molecule has 4 nitrogen and oxygen atoms in total. The summed E-state index contributed by atoms with van der Waals surface area (Å²) in [6.07, 6.45) is 0. The van der Waals surface area contributed by atoms with Gasteiger partial charge in [-0.1, -0.05) is 115 Å². The lowest BCUT2D eigenvalue weighted by atomic mass is 9.89. The van der Waals surface area contributed by atoms with E-state index in [-0.39, 0.29) is 0 Å². The zero-order chi connectivity index (χ0) is 28.8. The lowest BCUT2D eigenvalue weighted by molar-refractivity contribution is 0.667. The number of para-hydroxylation sites is 1. The second-order valence-corrected chi connectivity index (χ2v) is 11.4. The predicted octanol–water partition coefficient (Wildman–Crippen LogP) is 11.0. The number of rotatable bonds is 2. The van der Waals surface area contributed by atoms with Crippen molar-refractivity contribution in [3.63, 3.8) is 0 Å². The number of furan rings is 1. The summed E-state index contributed by atoms with van der Waals surface area (Å²) in [5.41, 5.74) is 8.61. The van der Waals surface area contributed by atoms with Crippen molar-refractivity contribution >= 4 is 71.7 Å². The number of benzene rings is 7. The van der Waals surface area contributed by atoms with Gasteiger partial charge in [0.2, 0.25) is 5.95 Å². The lowest BCUT2D eigenvalue weighted by Gasteiger charge is -2.33. The van der Waals surface area contributed by atoms with Crippen LogP contribution >= 0.6 is 0 Å². The van der Waals surface area contributed by atoms with Crippen molar-refractivity contribution < 1.29 is 4.42 Å². The molecule has 0 saturated heterocycles.